The van der Waals surface area contributed by atoms with E-state index < -0.39 is 6.04 Å². The average Bonchev–Trinajstić information content (AvgIpc) is 3.52. The molecule has 3 amide bonds. The van der Waals surface area contributed by atoms with Crippen molar-refractivity contribution in [1.29, 1.82) is 0 Å². The van der Waals surface area contributed by atoms with E-state index in [1.54, 1.807) is 4.90 Å². The Kier molecular flexibility index (Phi) is 6.51. The van der Waals surface area contributed by atoms with Crippen molar-refractivity contribution in [2.45, 2.75) is 58.2 Å². The lowest BCUT2D eigenvalue weighted by Gasteiger charge is -2.45. The van der Waals surface area contributed by atoms with Crippen LogP contribution in [0.1, 0.15) is 66.1 Å². The molecule has 2 fully saturated rings. The summed E-state index contributed by atoms with van der Waals surface area (Å²) in [4.78, 5) is 45.2. The van der Waals surface area contributed by atoms with Crippen molar-refractivity contribution in [3.63, 3.8) is 0 Å². The molecule has 4 heterocycles. The van der Waals surface area contributed by atoms with Crippen molar-refractivity contribution >= 4 is 29.3 Å². The summed E-state index contributed by atoms with van der Waals surface area (Å²) in [7, 11) is 0. The van der Waals surface area contributed by atoms with Gasteiger partial charge in [0.25, 0.3) is 5.91 Å². The number of aromatic nitrogens is 2. The first-order chi connectivity index (χ1) is 18.7. The van der Waals surface area contributed by atoms with Crippen molar-refractivity contribution in [3.05, 3.63) is 70.1 Å². The van der Waals surface area contributed by atoms with Gasteiger partial charge in [0.1, 0.15) is 6.04 Å². The molecular weight excluding hydrogens is 518 g/mol. The molecule has 0 aliphatic carbocycles. The number of fused-ring (bicyclic) bond motifs is 1. The molecule has 3 aliphatic heterocycles. The summed E-state index contributed by atoms with van der Waals surface area (Å²) in [6.45, 7) is 7.64. The predicted octanol–water partition coefficient (Wildman–Crippen LogP) is 4.17. The number of hydrogen-bond acceptors (Lipinski definition) is 7. The number of carbonyl (C=O) groups excluding carboxylic acids is 3. The van der Waals surface area contributed by atoms with Gasteiger partial charge in [0, 0.05) is 37.2 Å². The second-order valence-corrected chi connectivity index (χ2v) is 11.8. The molecule has 202 valence electrons. The average molecular weight is 548 g/mol. The molecule has 0 bridgehead atoms. The Morgan fingerprint density at radius 1 is 1.10 bits per heavy atom. The first-order valence-corrected chi connectivity index (χ1v) is 13.6. The zero-order valence-corrected chi connectivity index (χ0v) is 22.7. The van der Waals surface area contributed by atoms with Crippen molar-refractivity contribution < 1.29 is 18.9 Å². The Morgan fingerprint density at radius 3 is 2.64 bits per heavy atom. The standard InChI is InChI=1S/C29H30ClN5O4/c1-29(2)15-34(13-17-3-5-21(23(30)11-17)26-31-16-39-33-26)10-9-22(29)18-4-6-20-19(12-18)14-35(28(20)38)24-7-8-25(36)32-27(24)37/h3-6,11-12,16,22,24H,7-10,13-15H2,1-2H3,(H,32,36,37). The highest BCUT2D eigenvalue weighted by atomic mass is 35.5. The summed E-state index contributed by atoms with van der Waals surface area (Å²) < 4.78 is 4.84. The molecule has 2 saturated heterocycles. The Bertz CT molecular complexity index is 1450. The van der Waals surface area contributed by atoms with E-state index in [2.05, 4.69) is 52.4 Å². The van der Waals surface area contributed by atoms with Gasteiger partial charge in [-0.3, -0.25) is 24.6 Å². The van der Waals surface area contributed by atoms with E-state index in [1.165, 1.54) is 12.0 Å². The van der Waals surface area contributed by atoms with Gasteiger partial charge in [-0.2, -0.15) is 4.98 Å². The minimum absolute atomic E-state index is 0.00672. The van der Waals surface area contributed by atoms with Crippen LogP contribution in [0.15, 0.2) is 47.3 Å². The van der Waals surface area contributed by atoms with Crippen molar-refractivity contribution in [2.75, 3.05) is 13.1 Å². The normalized spacial score (nSPS) is 23.2. The molecular formula is C29H30ClN5O4. The van der Waals surface area contributed by atoms with E-state index >= 15 is 0 Å². The number of nitrogens with one attached hydrogen (secondary N) is 1. The Labute approximate surface area is 231 Å². The summed E-state index contributed by atoms with van der Waals surface area (Å²) in [6, 6.07) is 11.5. The number of hydrogen-bond donors (Lipinski definition) is 1. The number of rotatable bonds is 5. The summed E-state index contributed by atoms with van der Waals surface area (Å²) in [5.41, 5.74) is 4.72. The highest BCUT2D eigenvalue weighted by Gasteiger charge is 2.41. The van der Waals surface area contributed by atoms with Crippen LogP contribution in [0.4, 0.5) is 0 Å². The maximum Gasteiger partial charge on any atom is 0.255 e. The molecule has 0 radical (unpaired) electrons. The topological polar surface area (TPSA) is 109 Å². The van der Waals surface area contributed by atoms with Crippen molar-refractivity contribution in [2.24, 2.45) is 5.41 Å². The first-order valence-electron chi connectivity index (χ1n) is 13.2. The van der Waals surface area contributed by atoms with Gasteiger partial charge in [-0.1, -0.05) is 48.8 Å². The van der Waals surface area contributed by atoms with Gasteiger partial charge in [0.05, 0.1) is 5.02 Å². The number of likely N-dealkylation sites (tertiary alicyclic amines) is 1. The molecule has 1 N–H and O–H groups in total. The van der Waals surface area contributed by atoms with E-state index in [1.807, 2.05) is 18.2 Å². The molecule has 2 aromatic carbocycles. The van der Waals surface area contributed by atoms with Crippen LogP contribution in [-0.2, 0) is 22.7 Å². The van der Waals surface area contributed by atoms with E-state index in [0.29, 0.717) is 35.3 Å². The third kappa shape index (κ3) is 4.85. The smallest absolute Gasteiger partial charge is 0.255 e. The molecule has 3 aromatic rings. The molecule has 6 rings (SSSR count). The molecule has 0 spiro atoms. The third-order valence-corrected chi connectivity index (χ3v) is 8.61. The molecule has 10 heteroatoms. The van der Waals surface area contributed by atoms with E-state index in [0.717, 1.165) is 42.7 Å². The van der Waals surface area contributed by atoms with Crippen LogP contribution in [0.3, 0.4) is 0 Å². The summed E-state index contributed by atoms with van der Waals surface area (Å²) in [5, 5.41) is 6.84. The van der Waals surface area contributed by atoms with E-state index in [-0.39, 0.29) is 29.6 Å². The van der Waals surface area contributed by atoms with Gasteiger partial charge in [-0.25, -0.2) is 0 Å². The summed E-state index contributed by atoms with van der Waals surface area (Å²) in [6.07, 6.45) is 2.90. The highest BCUT2D eigenvalue weighted by Crippen LogP contribution is 2.44. The number of benzene rings is 2. The molecule has 39 heavy (non-hydrogen) atoms. The second-order valence-electron chi connectivity index (χ2n) is 11.4. The molecule has 0 saturated carbocycles. The minimum atomic E-state index is -0.597. The summed E-state index contributed by atoms with van der Waals surface area (Å²) >= 11 is 6.52. The monoisotopic (exact) mass is 547 g/mol. The van der Waals surface area contributed by atoms with Crippen LogP contribution < -0.4 is 5.32 Å². The fraction of sp³-hybridized carbons (Fsp3) is 0.414. The van der Waals surface area contributed by atoms with Crippen molar-refractivity contribution in [3.8, 4) is 11.4 Å². The molecule has 1 aromatic heterocycles. The number of halogens is 1. The number of amides is 3. The Balaban J connectivity index is 1.14. The lowest BCUT2D eigenvalue weighted by molar-refractivity contribution is -0.136. The number of piperidine rings is 2. The van der Waals surface area contributed by atoms with Gasteiger partial charge in [-0.15, -0.1) is 0 Å². The molecule has 2 atom stereocenters. The van der Waals surface area contributed by atoms with Gasteiger partial charge < -0.3 is 9.42 Å². The van der Waals surface area contributed by atoms with E-state index in [4.69, 9.17) is 16.1 Å². The van der Waals surface area contributed by atoms with Crippen LogP contribution in [0, 0.1) is 5.41 Å². The number of nitrogens with zero attached hydrogens (tertiary/aromatic N) is 4. The fourth-order valence-electron chi connectivity index (χ4n) is 6.42. The lowest BCUT2D eigenvalue weighted by Crippen LogP contribution is -2.52. The summed E-state index contributed by atoms with van der Waals surface area (Å²) in [5.74, 6) is 0.0176. The largest absolute Gasteiger partial charge is 0.342 e. The van der Waals surface area contributed by atoms with Crippen LogP contribution in [0.25, 0.3) is 11.4 Å². The maximum atomic E-state index is 13.1. The fourth-order valence-corrected chi connectivity index (χ4v) is 6.71. The lowest BCUT2D eigenvalue weighted by atomic mass is 9.70. The first kappa shape index (κ1) is 25.7. The highest BCUT2D eigenvalue weighted by molar-refractivity contribution is 6.33. The second kappa shape index (κ2) is 9.88. The number of carbonyl (C=O) groups is 3. The third-order valence-electron chi connectivity index (χ3n) is 8.30. The van der Waals surface area contributed by atoms with Crippen LogP contribution >= 0.6 is 11.6 Å². The Morgan fingerprint density at radius 2 is 1.92 bits per heavy atom. The zero-order valence-electron chi connectivity index (χ0n) is 21.9. The SMILES string of the molecule is CC1(C)CN(Cc2ccc(-c3ncon3)c(Cl)c2)CCC1c1ccc2c(c1)CN(C1CCC(=O)NC1=O)C2=O. The molecule has 3 aliphatic rings. The number of imide groups is 1. The van der Waals surface area contributed by atoms with Gasteiger partial charge in [-0.05, 0) is 65.6 Å². The van der Waals surface area contributed by atoms with Crippen LogP contribution in [0.2, 0.25) is 5.02 Å². The van der Waals surface area contributed by atoms with Crippen LogP contribution in [-0.4, -0.2) is 56.8 Å². The maximum absolute atomic E-state index is 13.1. The Hall–Kier alpha value is -3.56. The van der Waals surface area contributed by atoms with Gasteiger partial charge in [0.15, 0.2) is 0 Å². The minimum Gasteiger partial charge on any atom is -0.342 e. The zero-order chi connectivity index (χ0) is 27.3. The van der Waals surface area contributed by atoms with E-state index in [9.17, 15) is 14.4 Å². The molecule has 9 nitrogen and oxygen atoms in total. The van der Waals surface area contributed by atoms with Gasteiger partial charge in [0.2, 0.25) is 24.0 Å². The van der Waals surface area contributed by atoms with Gasteiger partial charge >= 0.3 is 0 Å². The predicted molar refractivity (Wildman–Crippen MR) is 144 cm³/mol. The van der Waals surface area contributed by atoms with Crippen LogP contribution in [0.5, 0.6) is 0 Å². The van der Waals surface area contributed by atoms with Crippen molar-refractivity contribution in [1.82, 2.24) is 25.3 Å². The molecule has 2 unspecified atom stereocenters. The quantitative estimate of drug-likeness (QED) is 0.478.